The molecule has 9 nitrogen and oxygen atoms in total. The molecule has 0 bridgehead atoms. The smallest absolute Gasteiger partial charge is 0.338 e. The zero-order valence-electron chi connectivity index (χ0n) is 25.5. The van der Waals surface area contributed by atoms with Crippen molar-refractivity contribution in [3.8, 4) is 23.0 Å². The Labute approximate surface area is 287 Å². The van der Waals surface area contributed by atoms with Crippen molar-refractivity contribution in [2.75, 3.05) is 27.9 Å². The van der Waals surface area contributed by atoms with E-state index >= 15 is 0 Å². The number of allylic oxidation sites excluding steroid dienone is 1. The first-order valence-electron chi connectivity index (χ1n) is 14.0. The highest BCUT2D eigenvalue weighted by Crippen LogP contribution is 2.41. The van der Waals surface area contributed by atoms with Gasteiger partial charge in [0.25, 0.3) is 5.56 Å². The molecule has 4 aromatic rings. The number of benzene rings is 3. The summed E-state index contributed by atoms with van der Waals surface area (Å²) < 4.78 is 30.7. The number of rotatable bonds is 10. The average Bonchev–Trinajstić information content (AvgIpc) is 3.33. The average molecular weight is 748 g/mol. The van der Waals surface area contributed by atoms with Crippen LogP contribution in [-0.4, -0.2) is 38.5 Å². The first-order chi connectivity index (χ1) is 22.1. The van der Waals surface area contributed by atoms with Crippen LogP contribution in [0.1, 0.15) is 36.6 Å². The number of carbonyl (C=O) groups excluding carboxylic acids is 1. The van der Waals surface area contributed by atoms with Crippen LogP contribution in [0.25, 0.3) is 6.08 Å². The minimum absolute atomic E-state index is 0.133. The monoisotopic (exact) mass is 746 g/mol. The third-order valence-corrected chi connectivity index (χ3v) is 9.47. The van der Waals surface area contributed by atoms with Gasteiger partial charge < -0.3 is 23.7 Å². The first kappa shape index (κ1) is 33.6. The fraction of sp³-hybridized carbons (Fsp3) is 0.242. The molecule has 13 heteroatoms. The predicted molar refractivity (Wildman–Crippen MR) is 181 cm³/mol. The largest absolute Gasteiger partial charge is 0.493 e. The van der Waals surface area contributed by atoms with E-state index in [1.807, 2.05) is 6.07 Å². The highest BCUT2D eigenvalue weighted by Gasteiger charge is 2.35. The Bertz CT molecular complexity index is 2040. The number of fused-ring (bicyclic) bond motifs is 1. The molecule has 0 saturated heterocycles. The van der Waals surface area contributed by atoms with E-state index < -0.39 is 12.0 Å². The zero-order valence-corrected chi connectivity index (χ0v) is 29.4. The van der Waals surface area contributed by atoms with Gasteiger partial charge in [-0.2, -0.15) is 0 Å². The Morgan fingerprint density at radius 1 is 1.04 bits per heavy atom. The van der Waals surface area contributed by atoms with Crippen LogP contribution in [0.5, 0.6) is 23.0 Å². The summed E-state index contributed by atoms with van der Waals surface area (Å²) in [5, 5.41) is 0.980. The number of esters is 1. The summed E-state index contributed by atoms with van der Waals surface area (Å²) in [6.45, 7) is 3.73. The summed E-state index contributed by atoms with van der Waals surface area (Å²) in [6.07, 6.45) is 1.72. The summed E-state index contributed by atoms with van der Waals surface area (Å²) in [7, 11) is 4.58. The van der Waals surface area contributed by atoms with Crippen molar-refractivity contribution in [3.05, 3.63) is 111 Å². The minimum atomic E-state index is -0.875. The van der Waals surface area contributed by atoms with Crippen molar-refractivity contribution in [2.45, 2.75) is 26.5 Å². The normalized spacial score (nSPS) is 14.4. The second-order valence-corrected chi connectivity index (χ2v) is 12.6. The van der Waals surface area contributed by atoms with Crippen molar-refractivity contribution in [1.82, 2.24) is 4.57 Å². The Morgan fingerprint density at radius 3 is 2.43 bits per heavy atom. The molecule has 3 aromatic carbocycles. The standard InChI is InChI=1S/C33H29BrCl2N2O7S/c1-6-44-32(40)28-17(2)37-33-38(29(28)21-14-25(42-4)26(43-5)15-22(21)34)31(39)27(46-33)12-18-8-7-9-24(41-3)30(18)45-16-19-10-11-20(35)13-23(19)36/h7-15,29H,6,16H2,1-5H3/b27-12-/t29-/m0/s1. The van der Waals surface area contributed by atoms with Gasteiger partial charge in [-0.05, 0) is 55.8 Å². The number of halogens is 3. The first-order valence-corrected chi connectivity index (χ1v) is 16.3. The third kappa shape index (κ3) is 6.55. The molecule has 0 radical (unpaired) electrons. The lowest BCUT2D eigenvalue weighted by molar-refractivity contribution is -0.139. The maximum absolute atomic E-state index is 14.3. The van der Waals surface area contributed by atoms with E-state index in [0.29, 0.717) is 63.7 Å². The van der Waals surface area contributed by atoms with E-state index in [2.05, 4.69) is 20.9 Å². The van der Waals surface area contributed by atoms with Gasteiger partial charge in [-0.15, -0.1) is 0 Å². The number of methoxy groups -OCH3 is 3. The van der Waals surface area contributed by atoms with Gasteiger partial charge >= 0.3 is 5.97 Å². The fourth-order valence-electron chi connectivity index (χ4n) is 5.06. The highest BCUT2D eigenvalue weighted by molar-refractivity contribution is 9.10. The van der Waals surface area contributed by atoms with E-state index in [1.165, 1.54) is 37.2 Å². The van der Waals surface area contributed by atoms with Crippen molar-refractivity contribution >= 4 is 62.5 Å². The van der Waals surface area contributed by atoms with Crippen LogP contribution in [-0.2, 0) is 16.1 Å². The Kier molecular flexibility index (Phi) is 10.5. The molecular weight excluding hydrogens is 719 g/mol. The van der Waals surface area contributed by atoms with Crippen LogP contribution in [0.4, 0.5) is 0 Å². The molecule has 0 saturated carbocycles. The van der Waals surface area contributed by atoms with Gasteiger partial charge in [0.15, 0.2) is 27.8 Å². The van der Waals surface area contributed by atoms with Crippen molar-refractivity contribution in [3.63, 3.8) is 0 Å². The number of hydrogen-bond acceptors (Lipinski definition) is 9. The lowest BCUT2D eigenvalue weighted by Gasteiger charge is -2.26. The minimum Gasteiger partial charge on any atom is -0.493 e. The number of hydrogen-bond donors (Lipinski definition) is 0. The summed E-state index contributed by atoms with van der Waals surface area (Å²) in [5.74, 6) is 1.23. The predicted octanol–water partition coefficient (Wildman–Crippen LogP) is 6.47. The molecule has 0 fully saturated rings. The molecule has 0 spiro atoms. The molecule has 1 aromatic heterocycles. The molecule has 1 aliphatic rings. The zero-order chi connectivity index (χ0) is 33.1. The van der Waals surface area contributed by atoms with E-state index in [0.717, 1.165) is 5.56 Å². The van der Waals surface area contributed by atoms with Crippen LogP contribution >= 0.6 is 50.5 Å². The molecule has 0 N–H and O–H groups in total. The maximum atomic E-state index is 14.3. The number of carbonyl (C=O) groups is 1. The molecule has 0 unspecified atom stereocenters. The number of thiazole rings is 1. The Morgan fingerprint density at radius 2 is 1.76 bits per heavy atom. The molecular formula is C33H29BrCl2N2O7S. The highest BCUT2D eigenvalue weighted by atomic mass is 79.9. The van der Waals surface area contributed by atoms with Crippen LogP contribution in [0.15, 0.2) is 74.1 Å². The molecule has 0 aliphatic carbocycles. The summed E-state index contributed by atoms with van der Waals surface area (Å²) >= 11 is 17.3. The topological polar surface area (TPSA) is 97.6 Å². The summed E-state index contributed by atoms with van der Waals surface area (Å²) in [4.78, 5) is 32.7. The van der Waals surface area contributed by atoms with Gasteiger partial charge in [-0.25, -0.2) is 9.79 Å². The quantitative estimate of drug-likeness (QED) is 0.172. The lowest BCUT2D eigenvalue weighted by atomic mass is 9.95. The van der Waals surface area contributed by atoms with E-state index in [4.69, 9.17) is 46.9 Å². The fourth-order valence-corrected chi connectivity index (χ4v) is 7.10. The molecule has 46 heavy (non-hydrogen) atoms. The molecule has 1 atom stereocenters. The van der Waals surface area contributed by atoms with Crippen LogP contribution in [0.2, 0.25) is 10.0 Å². The summed E-state index contributed by atoms with van der Waals surface area (Å²) in [6, 6.07) is 13.1. The van der Waals surface area contributed by atoms with Gasteiger partial charge in [0.1, 0.15) is 6.61 Å². The molecule has 1 aliphatic heterocycles. The van der Waals surface area contributed by atoms with Crippen LogP contribution in [0, 0.1) is 0 Å². The van der Waals surface area contributed by atoms with Gasteiger partial charge in [-0.1, -0.05) is 68.7 Å². The maximum Gasteiger partial charge on any atom is 0.338 e. The number of aromatic nitrogens is 1. The second kappa shape index (κ2) is 14.3. The third-order valence-electron chi connectivity index (χ3n) is 7.22. The molecule has 240 valence electrons. The molecule has 2 heterocycles. The number of para-hydroxylation sites is 1. The van der Waals surface area contributed by atoms with E-state index in [-0.39, 0.29) is 24.3 Å². The SMILES string of the molecule is CCOC(=O)C1=C(C)N=c2s/c(=C\c3cccc(OC)c3OCc3ccc(Cl)cc3Cl)c(=O)n2[C@H]1c1cc(OC)c(OC)cc1Br. The number of ether oxygens (including phenoxy) is 5. The van der Waals surface area contributed by atoms with Gasteiger partial charge in [0.05, 0.1) is 49.8 Å². The van der Waals surface area contributed by atoms with Crippen LogP contribution in [0.3, 0.4) is 0 Å². The Hall–Kier alpha value is -3.77. The van der Waals surface area contributed by atoms with Gasteiger partial charge in [-0.3, -0.25) is 9.36 Å². The van der Waals surface area contributed by atoms with E-state index in [9.17, 15) is 9.59 Å². The Balaban J connectivity index is 1.68. The van der Waals surface area contributed by atoms with Gasteiger partial charge in [0, 0.05) is 25.6 Å². The second-order valence-electron chi connectivity index (χ2n) is 9.93. The lowest BCUT2D eigenvalue weighted by Crippen LogP contribution is -2.40. The number of nitrogens with zero attached hydrogens (tertiary/aromatic N) is 2. The molecule has 0 amide bonds. The van der Waals surface area contributed by atoms with Crippen molar-refractivity contribution in [2.24, 2.45) is 4.99 Å². The van der Waals surface area contributed by atoms with Gasteiger partial charge in [0.2, 0.25) is 0 Å². The van der Waals surface area contributed by atoms with Crippen LogP contribution < -0.4 is 33.8 Å². The summed E-state index contributed by atoms with van der Waals surface area (Å²) in [5.41, 5.74) is 2.22. The van der Waals surface area contributed by atoms with E-state index in [1.54, 1.807) is 62.4 Å². The van der Waals surface area contributed by atoms with Crippen molar-refractivity contribution < 1.29 is 28.5 Å². The van der Waals surface area contributed by atoms with Crippen molar-refractivity contribution in [1.29, 1.82) is 0 Å². The molecule has 5 rings (SSSR count).